The van der Waals surface area contributed by atoms with Crippen molar-refractivity contribution >= 4 is 32.3 Å². The summed E-state index contributed by atoms with van der Waals surface area (Å²) < 4.78 is 7.08. The van der Waals surface area contributed by atoms with E-state index in [2.05, 4.69) is 28.9 Å². The van der Waals surface area contributed by atoms with Crippen molar-refractivity contribution in [3.8, 4) is 11.5 Å². The van der Waals surface area contributed by atoms with Crippen LogP contribution in [0.1, 0.15) is 30.6 Å². The number of aromatic nitrogens is 1. The van der Waals surface area contributed by atoms with Crippen LogP contribution in [-0.4, -0.2) is 51.9 Å². The Balaban J connectivity index is 1.18. The Labute approximate surface area is 185 Å². The Morgan fingerprint density at radius 1 is 1.19 bits per heavy atom. The second-order valence-corrected chi connectivity index (χ2v) is 9.68. The van der Waals surface area contributed by atoms with E-state index in [1.807, 2.05) is 36.5 Å². The minimum absolute atomic E-state index is 0.284. The normalized spacial score (nSPS) is 21.0. The number of phenols is 1. The number of hydrogen-bond donors (Lipinski definition) is 3. The fourth-order valence-corrected chi connectivity index (χ4v) is 5.94. The smallest absolute Gasteiger partial charge is 0.128 e. The number of likely N-dealkylation sites (tertiary alicyclic amines) is 1. The quantitative estimate of drug-likeness (QED) is 0.394. The highest BCUT2D eigenvalue weighted by Crippen LogP contribution is 2.40. The summed E-state index contributed by atoms with van der Waals surface area (Å²) in [6, 6.07) is 16.2. The van der Waals surface area contributed by atoms with E-state index in [9.17, 15) is 10.2 Å². The van der Waals surface area contributed by atoms with Crippen molar-refractivity contribution < 1.29 is 14.9 Å². The molecule has 0 saturated carbocycles. The third-order valence-corrected chi connectivity index (χ3v) is 7.67. The first-order valence-electron chi connectivity index (χ1n) is 10.9. The minimum Gasteiger partial charge on any atom is -0.507 e. The number of ether oxygens (including phenoxy) is 1. The standard InChI is InChI=1S/C25H28N2O3S/c1-16-12-17(25-13-20-22(29)5-3-7-24(20)31-25)9-11-27(16)14-18(28)15-30-23-6-2-4-21-19(23)8-10-26-21/h2-8,10,13,16-18,26,28-29H,9,11-12,14-15H2,1H3/t16-,17+,18+/m1/s1. The molecule has 0 aliphatic carbocycles. The van der Waals surface area contributed by atoms with Crippen LogP contribution < -0.4 is 4.74 Å². The van der Waals surface area contributed by atoms with Crippen LogP contribution in [0.15, 0.2) is 54.7 Å². The van der Waals surface area contributed by atoms with Gasteiger partial charge in [-0.3, -0.25) is 4.90 Å². The first-order valence-corrected chi connectivity index (χ1v) is 11.7. The van der Waals surface area contributed by atoms with Crippen molar-refractivity contribution in [2.45, 2.75) is 37.8 Å². The molecule has 5 nitrogen and oxygen atoms in total. The molecule has 0 amide bonds. The lowest BCUT2D eigenvalue weighted by Crippen LogP contribution is -2.45. The van der Waals surface area contributed by atoms with Gasteiger partial charge < -0.3 is 19.9 Å². The highest BCUT2D eigenvalue weighted by Gasteiger charge is 2.29. The number of aliphatic hydroxyl groups excluding tert-OH is 1. The third kappa shape index (κ3) is 4.15. The molecule has 162 valence electrons. The van der Waals surface area contributed by atoms with Crippen LogP contribution in [0, 0.1) is 0 Å². The molecule has 31 heavy (non-hydrogen) atoms. The van der Waals surface area contributed by atoms with Crippen LogP contribution in [0.3, 0.4) is 0 Å². The van der Waals surface area contributed by atoms with E-state index in [0.717, 1.165) is 46.1 Å². The number of hydrogen-bond acceptors (Lipinski definition) is 5. The van der Waals surface area contributed by atoms with Crippen LogP contribution in [0.25, 0.3) is 21.0 Å². The molecule has 0 unspecified atom stereocenters. The predicted octanol–water partition coefficient (Wildman–Crippen LogP) is 5.10. The van der Waals surface area contributed by atoms with Gasteiger partial charge in [0.25, 0.3) is 0 Å². The number of benzene rings is 2. The number of phenolic OH excluding ortho intramolecular Hbond substituents is 1. The molecule has 0 spiro atoms. The molecule has 3 N–H and O–H groups in total. The van der Waals surface area contributed by atoms with Gasteiger partial charge >= 0.3 is 0 Å². The number of H-pyrrole nitrogens is 1. The maximum absolute atomic E-state index is 10.6. The lowest BCUT2D eigenvalue weighted by Gasteiger charge is -2.38. The van der Waals surface area contributed by atoms with Crippen LogP contribution in [0.4, 0.5) is 0 Å². The summed E-state index contributed by atoms with van der Waals surface area (Å²) in [5, 5.41) is 22.7. The number of thiophene rings is 1. The molecule has 1 saturated heterocycles. The summed E-state index contributed by atoms with van der Waals surface area (Å²) >= 11 is 1.79. The van der Waals surface area contributed by atoms with Gasteiger partial charge in [0.05, 0.1) is 0 Å². The lowest BCUT2D eigenvalue weighted by atomic mass is 9.90. The number of piperidine rings is 1. The van der Waals surface area contributed by atoms with Crippen LogP contribution in [0.5, 0.6) is 11.5 Å². The van der Waals surface area contributed by atoms with Gasteiger partial charge in [0, 0.05) is 44.6 Å². The largest absolute Gasteiger partial charge is 0.507 e. The van der Waals surface area contributed by atoms with Gasteiger partial charge in [-0.15, -0.1) is 11.3 Å². The first kappa shape index (κ1) is 20.4. The van der Waals surface area contributed by atoms with E-state index in [1.165, 1.54) is 4.88 Å². The number of nitrogens with zero attached hydrogens (tertiary/aromatic N) is 1. The zero-order valence-corrected chi connectivity index (χ0v) is 18.4. The number of aromatic amines is 1. The van der Waals surface area contributed by atoms with Gasteiger partial charge in [-0.05, 0) is 68.6 Å². The Morgan fingerprint density at radius 2 is 2.06 bits per heavy atom. The summed E-state index contributed by atoms with van der Waals surface area (Å²) in [4.78, 5) is 6.90. The van der Waals surface area contributed by atoms with E-state index >= 15 is 0 Å². The molecule has 2 aromatic carbocycles. The zero-order chi connectivity index (χ0) is 21.4. The molecule has 1 fully saturated rings. The van der Waals surface area contributed by atoms with Crippen molar-refractivity contribution in [2.75, 3.05) is 19.7 Å². The van der Waals surface area contributed by atoms with Crippen molar-refractivity contribution in [1.29, 1.82) is 0 Å². The first-order chi connectivity index (χ1) is 15.1. The molecule has 3 atom stereocenters. The molecule has 0 radical (unpaired) electrons. The number of fused-ring (bicyclic) bond motifs is 2. The molecule has 3 heterocycles. The van der Waals surface area contributed by atoms with E-state index in [1.54, 1.807) is 17.4 Å². The SMILES string of the molecule is C[C@@H]1C[C@@H](c2cc3c(O)cccc3s2)CCN1C[C@H](O)COc1cccc2[nH]ccc12. The topological polar surface area (TPSA) is 68.7 Å². The van der Waals surface area contributed by atoms with Crippen molar-refractivity contribution in [3.63, 3.8) is 0 Å². The highest BCUT2D eigenvalue weighted by molar-refractivity contribution is 7.19. The fraction of sp³-hybridized carbons (Fsp3) is 0.360. The second kappa shape index (κ2) is 8.54. The molecule has 1 aliphatic heterocycles. The van der Waals surface area contributed by atoms with Crippen molar-refractivity contribution in [1.82, 2.24) is 9.88 Å². The van der Waals surface area contributed by atoms with E-state index in [4.69, 9.17) is 4.74 Å². The van der Waals surface area contributed by atoms with Gasteiger partial charge in [-0.25, -0.2) is 0 Å². The molecule has 5 rings (SSSR count). The number of rotatable bonds is 6. The van der Waals surface area contributed by atoms with Crippen molar-refractivity contribution in [3.05, 3.63) is 59.6 Å². The fourth-order valence-electron chi connectivity index (χ4n) is 4.71. The summed E-state index contributed by atoms with van der Waals surface area (Å²) in [5.41, 5.74) is 1.04. The number of β-amino-alcohol motifs (C(OH)–C–C–N with tert-alkyl or cyclic N) is 1. The highest BCUT2D eigenvalue weighted by atomic mass is 32.1. The van der Waals surface area contributed by atoms with E-state index in [0.29, 0.717) is 24.3 Å². The molecule has 4 aromatic rings. The average Bonchev–Trinajstić information content (AvgIpc) is 3.41. The molecule has 6 heteroatoms. The van der Waals surface area contributed by atoms with Crippen molar-refractivity contribution in [2.24, 2.45) is 0 Å². The Kier molecular flexibility index (Phi) is 5.61. The van der Waals surface area contributed by atoms with Gasteiger partial charge in [0.2, 0.25) is 0 Å². The summed E-state index contributed by atoms with van der Waals surface area (Å²) in [6.07, 6.45) is 3.49. The number of aromatic hydroxyl groups is 1. The monoisotopic (exact) mass is 436 g/mol. The van der Waals surface area contributed by atoms with Crippen LogP contribution in [-0.2, 0) is 0 Å². The maximum Gasteiger partial charge on any atom is 0.128 e. The zero-order valence-electron chi connectivity index (χ0n) is 17.6. The number of aliphatic hydroxyl groups is 1. The van der Waals surface area contributed by atoms with E-state index in [-0.39, 0.29) is 6.61 Å². The van der Waals surface area contributed by atoms with Gasteiger partial charge in [-0.2, -0.15) is 0 Å². The van der Waals surface area contributed by atoms with Crippen LogP contribution >= 0.6 is 11.3 Å². The molecule has 1 aliphatic rings. The van der Waals surface area contributed by atoms with Gasteiger partial charge in [0.1, 0.15) is 24.2 Å². The average molecular weight is 437 g/mol. The van der Waals surface area contributed by atoms with Gasteiger partial charge in [-0.1, -0.05) is 12.1 Å². The molecular formula is C25H28N2O3S. The number of nitrogens with one attached hydrogen (secondary N) is 1. The predicted molar refractivity (Wildman–Crippen MR) is 126 cm³/mol. The second-order valence-electron chi connectivity index (χ2n) is 8.56. The lowest BCUT2D eigenvalue weighted by molar-refractivity contribution is 0.0408. The van der Waals surface area contributed by atoms with E-state index < -0.39 is 6.10 Å². The van der Waals surface area contributed by atoms with Gasteiger partial charge in [0.15, 0.2) is 0 Å². The summed E-state index contributed by atoms with van der Waals surface area (Å²) in [7, 11) is 0. The molecule has 0 bridgehead atoms. The molecule has 2 aromatic heterocycles. The Hall–Kier alpha value is -2.54. The summed E-state index contributed by atoms with van der Waals surface area (Å²) in [5.74, 6) is 1.67. The summed E-state index contributed by atoms with van der Waals surface area (Å²) in [6.45, 7) is 4.10. The Morgan fingerprint density at radius 3 is 2.90 bits per heavy atom. The minimum atomic E-state index is -0.533. The van der Waals surface area contributed by atoms with Crippen LogP contribution in [0.2, 0.25) is 0 Å². The maximum atomic E-state index is 10.6. The molecular weight excluding hydrogens is 408 g/mol. The Bertz CT molecular complexity index is 1180. The third-order valence-electron chi connectivity index (χ3n) is 6.41.